The molecule has 4 heteroatoms. The van der Waals surface area contributed by atoms with Crippen LogP contribution in [0.2, 0.25) is 0 Å². The number of hydrogen-bond acceptors (Lipinski definition) is 3. The molecule has 0 aliphatic carbocycles. The lowest BCUT2D eigenvalue weighted by molar-refractivity contribution is 0.166. The molecule has 0 bridgehead atoms. The molecule has 0 fully saturated rings. The maximum atomic E-state index is 9.26. The lowest BCUT2D eigenvalue weighted by Gasteiger charge is -2.15. The molecule has 0 aliphatic heterocycles. The Hall–Kier alpha value is -0.610. The summed E-state index contributed by atoms with van der Waals surface area (Å²) in [5, 5.41) is 12.6. The van der Waals surface area contributed by atoms with Gasteiger partial charge in [-0.05, 0) is 53.7 Å². The van der Waals surface area contributed by atoms with Crippen LogP contribution in [0.15, 0.2) is 16.7 Å². The van der Waals surface area contributed by atoms with Crippen LogP contribution in [0, 0.1) is 12.8 Å². The lowest BCUT2D eigenvalue weighted by atomic mass is 10.0. The number of anilines is 1. The minimum Gasteiger partial charge on any atom is -0.393 e. The molecule has 0 saturated carbocycles. The van der Waals surface area contributed by atoms with Crippen molar-refractivity contribution in [1.29, 1.82) is 0 Å². The summed E-state index contributed by atoms with van der Waals surface area (Å²) in [5.74, 6) is 1.35. The molecular weight excluding hydrogens is 268 g/mol. The molecule has 0 amide bonds. The van der Waals surface area contributed by atoms with Gasteiger partial charge in [0.15, 0.2) is 0 Å². The average Bonchev–Trinajstić information content (AvgIpc) is 2.15. The van der Waals surface area contributed by atoms with Crippen molar-refractivity contribution in [3.63, 3.8) is 0 Å². The van der Waals surface area contributed by atoms with Gasteiger partial charge in [0.05, 0.1) is 6.10 Å². The number of hydrogen-bond donors (Lipinski definition) is 2. The van der Waals surface area contributed by atoms with Gasteiger partial charge in [-0.25, -0.2) is 4.98 Å². The van der Waals surface area contributed by atoms with Crippen molar-refractivity contribution in [2.75, 3.05) is 11.9 Å². The predicted octanol–water partition coefficient (Wildman–Crippen LogP) is 2.97. The molecule has 1 rings (SSSR count). The quantitative estimate of drug-likeness (QED) is 0.875. The van der Waals surface area contributed by atoms with Crippen LogP contribution >= 0.6 is 15.9 Å². The van der Waals surface area contributed by atoms with Crippen LogP contribution in [0.3, 0.4) is 0 Å². The van der Waals surface area contributed by atoms with E-state index in [4.69, 9.17) is 0 Å². The molecular formula is C12H19BrN2O. The summed E-state index contributed by atoms with van der Waals surface area (Å²) < 4.78 is 0.993. The van der Waals surface area contributed by atoms with Gasteiger partial charge in [-0.3, -0.25) is 0 Å². The van der Waals surface area contributed by atoms with E-state index in [1.54, 1.807) is 6.20 Å². The van der Waals surface area contributed by atoms with E-state index < -0.39 is 0 Å². The van der Waals surface area contributed by atoms with E-state index in [1.807, 2.05) is 19.9 Å². The Kier molecular flexibility index (Phi) is 5.22. The average molecular weight is 287 g/mol. The third kappa shape index (κ3) is 4.49. The highest BCUT2D eigenvalue weighted by molar-refractivity contribution is 9.10. The zero-order valence-electron chi connectivity index (χ0n) is 10.00. The second kappa shape index (κ2) is 6.21. The van der Waals surface area contributed by atoms with E-state index in [1.165, 1.54) is 0 Å². The van der Waals surface area contributed by atoms with Gasteiger partial charge in [0, 0.05) is 17.2 Å². The SMILES string of the molecule is Cc1cc(Br)cnc1NC[C@H](C)C[C@H](C)O. The molecule has 1 aromatic rings. The first-order chi connectivity index (χ1) is 7.49. The molecule has 90 valence electrons. The first-order valence-electron chi connectivity index (χ1n) is 5.53. The number of aliphatic hydroxyl groups excluding tert-OH is 1. The van der Waals surface area contributed by atoms with Crippen LogP contribution in [0.1, 0.15) is 25.8 Å². The number of aryl methyl sites for hydroxylation is 1. The summed E-state index contributed by atoms with van der Waals surface area (Å²) in [7, 11) is 0. The monoisotopic (exact) mass is 286 g/mol. The number of halogens is 1. The Morgan fingerprint density at radius 2 is 2.19 bits per heavy atom. The van der Waals surface area contributed by atoms with Crippen LogP contribution in [0.4, 0.5) is 5.82 Å². The summed E-state index contributed by atoms with van der Waals surface area (Å²) >= 11 is 3.39. The third-order valence-corrected chi connectivity index (χ3v) is 2.84. The fourth-order valence-corrected chi connectivity index (χ4v) is 2.11. The Balaban J connectivity index is 2.48. The smallest absolute Gasteiger partial charge is 0.128 e. The number of pyridine rings is 1. The third-order valence-electron chi connectivity index (χ3n) is 2.41. The minimum absolute atomic E-state index is 0.240. The summed E-state index contributed by atoms with van der Waals surface area (Å²) in [4.78, 5) is 4.31. The van der Waals surface area contributed by atoms with Crippen molar-refractivity contribution in [2.45, 2.75) is 33.3 Å². The Labute approximate surface area is 105 Å². The van der Waals surface area contributed by atoms with Crippen molar-refractivity contribution >= 4 is 21.7 Å². The fourth-order valence-electron chi connectivity index (χ4n) is 1.66. The molecule has 1 aromatic heterocycles. The summed E-state index contributed by atoms with van der Waals surface area (Å²) in [6.45, 7) is 6.80. The molecule has 0 aliphatic rings. The van der Waals surface area contributed by atoms with Gasteiger partial charge in [-0.2, -0.15) is 0 Å². The largest absolute Gasteiger partial charge is 0.393 e. The molecule has 0 radical (unpaired) electrons. The summed E-state index contributed by atoms with van der Waals surface area (Å²) in [5.41, 5.74) is 1.12. The predicted molar refractivity (Wildman–Crippen MR) is 70.6 cm³/mol. The maximum absolute atomic E-state index is 9.26. The van der Waals surface area contributed by atoms with Crippen LogP contribution in [0.5, 0.6) is 0 Å². The van der Waals surface area contributed by atoms with Crippen LogP contribution < -0.4 is 5.32 Å². The Morgan fingerprint density at radius 3 is 2.75 bits per heavy atom. The highest BCUT2D eigenvalue weighted by atomic mass is 79.9. The minimum atomic E-state index is -0.240. The van der Waals surface area contributed by atoms with Gasteiger partial charge in [0.1, 0.15) is 5.82 Å². The first-order valence-corrected chi connectivity index (χ1v) is 6.32. The van der Waals surface area contributed by atoms with E-state index in [0.29, 0.717) is 5.92 Å². The van der Waals surface area contributed by atoms with Crippen LogP contribution in [-0.4, -0.2) is 22.7 Å². The van der Waals surface area contributed by atoms with Gasteiger partial charge in [-0.15, -0.1) is 0 Å². The zero-order chi connectivity index (χ0) is 12.1. The summed E-state index contributed by atoms with van der Waals surface area (Å²) in [6.07, 6.45) is 2.35. The molecule has 0 spiro atoms. The van der Waals surface area contributed by atoms with Crippen molar-refractivity contribution in [3.05, 3.63) is 22.3 Å². The maximum Gasteiger partial charge on any atom is 0.128 e. The number of aliphatic hydroxyl groups is 1. The second-order valence-electron chi connectivity index (χ2n) is 4.39. The topological polar surface area (TPSA) is 45.2 Å². The molecule has 0 aromatic carbocycles. The fraction of sp³-hybridized carbons (Fsp3) is 0.583. The summed E-state index contributed by atoms with van der Waals surface area (Å²) in [6, 6.07) is 2.04. The normalized spacial score (nSPS) is 14.6. The van der Waals surface area contributed by atoms with Gasteiger partial charge < -0.3 is 10.4 Å². The number of rotatable bonds is 5. The van der Waals surface area contributed by atoms with Crippen molar-refractivity contribution < 1.29 is 5.11 Å². The van der Waals surface area contributed by atoms with E-state index in [9.17, 15) is 5.11 Å². The van der Waals surface area contributed by atoms with E-state index in [0.717, 1.165) is 28.8 Å². The Morgan fingerprint density at radius 1 is 1.50 bits per heavy atom. The zero-order valence-corrected chi connectivity index (χ0v) is 11.6. The molecule has 3 nitrogen and oxygen atoms in total. The van der Waals surface area contributed by atoms with Gasteiger partial charge in [0.25, 0.3) is 0 Å². The Bertz CT molecular complexity index is 342. The first kappa shape index (κ1) is 13.5. The van der Waals surface area contributed by atoms with Crippen molar-refractivity contribution in [3.8, 4) is 0 Å². The number of aromatic nitrogens is 1. The van der Waals surface area contributed by atoms with Gasteiger partial charge in [-0.1, -0.05) is 6.92 Å². The molecule has 16 heavy (non-hydrogen) atoms. The molecule has 2 N–H and O–H groups in total. The molecule has 0 saturated heterocycles. The second-order valence-corrected chi connectivity index (χ2v) is 5.31. The van der Waals surface area contributed by atoms with E-state index >= 15 is 0 Å². The number of nitrogens with zero attached hydrogens (tertiary/aromatic N) is 1. The molecule has 1 heterocycles. The highest BCUT2D eigenvalue weighted by Gasteiger charge is 2.07. The highest BCUT2D eigenvalue weighted by Crippen LogP contribution is 2.17. The van der Waals surface area contributed by atoms with Crippen LogP contribution in [0.25, 0.3) is 0 Å². The van der Waals surface area contributed by atoms with Gasteiger partial charge >= 0.3 is 0 Å². The van der Waals surface area contributed by atoms with E-state index in [-0.39, 0.29) is 6.10 Å². The molecule has 2 atom stereocenters. The van der Waals surface area contributed by atoms with Crippen molar-refractivity contribution in [1.82, 2.24) is 4.98 Å². The van der Waals surface area contributed by atoms with E-state index in [2.05, 4.69) is 33.2 Å². The van der Waals surface area contributed by atoms with Crippen molar-refractivity contribution in [2.24, 2.45) is 5.92 Å². The molecule has 0 unspecified atom stereocenters. The van der Waals surface area contributed by atoms with Gasteiger partial charge in [0.2, 0.25) is 0 Å². The standard InChI is InChI=1S/C12H19BrN2O/c1-8(4-10(3)16)6-14-12-9(2)5-11(13)7-15-12/h5,7-8,10,16H,4,6H2,1-3H3,(H,14,15)/t8-,10+/m1/s1. The number of nitrogens with one attached hydrogen (secondary N) is 1. The van der Waals surface area contributed by atoms with Crippen LogP contribution in [-0.2, 0) is 0 Å². The lowest BCUT2D eigenvalue weighted by Crippen LogP contribution is -2.17.